The molecule has 0 radical (unpaired) electrons. The highest BCUT2D eigenvalue weighted by Gasteiger charge is 2.41. The predicted molar refractivity (Wildman–Crippen MR) is 181 cm³/mol. The van der Waals surface area contributed by atoms with Gasteiger partial charge in [0, 0.05) is 35.1 Å². The van der Waals surface area contributed by atoms with Gasteiger partial charge < -0.3 is 5.11 Å². The lowest BCUT2D eigenvalue weighted by molar-refractivity contribution is 0.375. The predicted octanol–water partition coefficient (Wildman–Crippen LogP) is 10.0. The van der Waals surface area contributed by atoms with Crippen LogP contribution in [0.2, 0.25) is 0 Å². The van der Waals surface area contributed by atoms with Gasteiger partial charge >= 0.3 is 0 Å². The Balaban J connectivity index is 1.18. The lowest BCUT2D eigenvalue weighted by Gasteiger charge is -2.37. The largest absolute Gasteiger partial charge is 0.507 e. The normalized spacial score (nSPS) is 16.7. The molecule has 0 aromatic heterocycles. The van der Waals surface area contributed by atoms with Crippen LogP contribution >= 0.6 is 0 Å². The molecule has 0 fully saturated rings. The molecule has 4 aromatic carbocycles. The molecule has 214 valence electrons. The second-order valence-electron chi connectivity index (χ2n) is 13.0. The summed E-state index contributed by atoms with van der Waals surface area (Å²) in [5, 5.41) is 10.7. The van der Waals surface area contributed by atoms with E-state index in [0.29, 0.717) is 11.7 Å². The van der Waals surface area contributed by atoms with Crippen molar-refractivity contribution >= 4 is 23.6 Å². The first-order valence-electron chi connectivity index (χ1n) is 15.3. The molecule has 0 bridgehead atoms. The van der Waals surface area contributed by atoms with Gasteiger partial charge in [-0.1, -0.05) is 118 Å². The molecule has 0 saturated carbocycles. The lowest BCUT2D eigenvalue weighted by atomic mass is 9.65. The van der Waals surface area contributed by atoms with Gasteiger partial charge in [0.05, 0.1) is 5.69 Å². The Morgan fingerprint density at radius 3 is 2.47 bits per heavy atom. The monoisotopic (exact) mass is 561 g/mol. The molecule has 1 N–H and O–H groups in total. The Bertz CT molecular complexity index is 1800. The second kappa shape index (κ2) is 11.6. The summed E-state index contributed by atoms with van der Waals surface area (Å²) in [5.41, 5.74) is 10.3. The third kappa shape index (κ3) is 5.73. The lowest BCUT2D eigenvalue weighted by Crippen LogP contribution is -2.25. The van der Waals surface area contributed by atoms with Crippen LogP contribution < -0.4 is 0 Å². The molecule has 2 unspecified atom stereocenters. The number of fused-ring (bicyclic) bond motifs is 2. The number of hydrogen-bond donors (Lipinski definition) is 1. The van der Waals surface area contributed by atoms with Gasteiger partial charge in [-0.25, -0.2) is 0 Å². The number of benzene rings is 4. The summed E-state index contributed by atoms with van der Waals surface area (Å²) in [7, 11) is 0. The van der Waals surface area contributed by atoms with Crippen molar-refractivity contribution in [1.29, 1.82) is 0 Å². The third-order valence-corrected chi connectivity index (χ3v) is 9.03. The van der Waals surface area contributed by atoms with E-state index in [1.54, 1.807) is 6.21 Å². The van der Waals surface area contributed by atoms with Gasteiger partial charge in [0.1, 0.15) is 5.75 Å². The molecule has 2 heteroatoms. The number of nitrogens with zero attached hydrogens (tertiary/aromatic N) is 1. The molecule has 2 aliphatic carbocycles. The van der Waals surface area contributed by atoms with Crippen molar-refractivity contribution in [2.75, 3.05) is 0 Å². The minimum Gasteiger partial charge on any atom is -0.507 e. The quantitative estimate of drug-likeness (QED) is 0.184. The Morgan fingerprint density at radius 1 is 0.884 bits per heavy atom. The topological polar surface area (TPSA) is 32.6 Å². The van der Waals surface area contributed by atoms with Crippen LogP contribution in [0, 0.1) is 17.3 Å². The molecular formula is C41H39NO. The van der Waals surface area contributed by atoms with Crippen molar-refractivity contribution in [1.82, 2.24) is 0 Å². The molecule has 2 atom stereocenters. The van der Waals surface area contributed by atoms with E-state index >= 15 is 0 Å². The first-order chi connectivity index (χ1) is 20.7. The first-order valence-corrected chi connectivity index (χ1v) is 15.3. The van der Waals surface area contributed by atoms with E-state index in [-0.39, 0.29) is 10.8 Å². The van der Waals surface area contributed by atoms with E-state index in [4.69, 9.17) is 0 Å². The molecule has 2 nitrogen and oxygen atoms in total. The first kappa shape index (κ1) is 28.5. The van der Waals surface area contributed by atoms with Crippen LogP contribution in [0.3, 0.4) is 0 Å². The van der Waals surface area contributed by atoms with Gasteiger partial charge in [-0.15, -0.1) is 0 Å². The number of hydrogen-bond acceptors (Lipinski definition) is 2. The van der Waals surface area contributed by atoms with Crippen molar-refractivity contribution in [3.05, 3.63) is 142 Å². The van der Waals surface area contributed by atoms with Gasteiger partial charge in [-0.05, 0) is 82.0 Å². The number of allylic oxidation sites excluding steroid dienone is 3. The number of para-hydroxylation sites is 1. The average Bonchev–Trinajstić information content (AvgIpc) is 3.64. The van der Waals surface area contributed by atoms with E-state index in [1.807, 2.05) is 42.5 Å². The summed E-state index contributed by atoms with van der Waals surface area (Å²) < 4.78 is 0. The molecule has 0 heterocycles. The van der Waals surface area contributed by atoms with Gasteiger partial charge in [0.2, 0.25) is 0 Å². The van der Waals surface area contributed by atoms with Crippen molar-refractivity contribution in [3.63, 3.8) is 0 Å². The highest BCUT2D eigenvalue weighted by atomic mass is 16.3. The summed E-state index contributed by atoms with van der Waals surface area (Å²) in [6, 6.07) is 31.5. The van der Waals surface area contributed by atoms with Crippen LogP contribution in [0.15, 0.2) is 108 Å². The standard InChI is InChI=1S/C41H39NO/c1-40(2,3)38-18-11-15-32(39(38)43)28-42-33-23-19-29(20-24-33)12-9-10-27-41(4,36-25-21-30-13-5-7-16-34(30)36)37-26-22-31-14-6-8-17-35(31)37/h5-8,11,13-21,23-26,28,36,43H,10,22,27H2,1-4H3. The Hall–Kier alpha value is -4.61. The zero-order valence-electron chi connectivity index (χ0n) is 25.6. The summed E-state index contributed by atoms with van der Waals surface area (Å²) in [6.45, 7) is 8.72. The van der Waals surface area contributed by atoms with Crippen LogP contribution in [0.5, 0.6) is 5.75 Å². The Morgan fingerprint density at radius 2 is 1.65 bits per heavy atom. The fourth-order valence-electron chi connectivity index (χ4n) is 6.62. The van der Waals surface area contributed by atoms with E-state index in [1.165, 1.54) is 27.8 Å². The van der Waals surface area contributed by atoms with Crippen LogP contribution in [-0.4, -0.2) is 11.3 Å². The zero-order valence-corrected chi connectivity index (χ0v) is 25.6. The van der Waals surface area contributed by atoms with Crippen LogP contribution in [0.4, 0.5) is 5.69 Å². The Labute approximate surface area is 256 Å². The maximum Gasteiger partial charge on any atom is 0.128 e. The number of rotatable bonds is 6. The van der Waals surface area contributed by atoms with Crippen molar-refractivity contribution in [2.24, 2.45) is 10.4 Å². The smallest absolute Gasteiger partial charge is 0.128 e. The molecular weight excluding hydrogens is 522 g/mol. The molecule has 6 rings (SSSR count). The number of aliphatic imine (C=N–C) groups is 1. The van der Waals surface area contributed by atoms with Gasteiger partial charge in [0.15, 0.2) is 0 Å². The Kier molecular flexibility index (Phi) is 7.68. The maximum absolute atomic E-state index is 10.7. The molecule has 0 saturated heterocycles. The highest BCUT2D eigenvalue weighted by Crippen LogP contribution is 2.55. The summed E-state index contributed by atoms with van der Waals surface area (Å²) >= 11 is 0. The molecule has 0 spiro atoms. The van der Waals surface area contributed by atoms with E-state index in [2.05, 4.69) is 111 Å². The second-order valence-corrected chi connectivity index (χ2v) is 13.0. The summed E-state index contributed by atoms with van der Waals surface area (Å²) in [5.74, 6) is 7.49. The van der Waals surface area contributed by atoms with Crippen molar-refractivity contribution < 1.29 is 5.11 Å². The summed E-state index contributed by atoms with van der Waals surface area (Å²) in [4.78, 5) is 4.61. The van der Waals surface area contributed by atoms with E-state index in [9.17, 15) is 5.11 Å². The molecule has 2 aliphatic rings. The minimum atomic E-state index is -0.136. The SMILES string of the molecule is CC(C)(C)c1cccc(C=Nc2ccc(C#CCCC(C)(C3=CCc4ccccc43)C3C=Cc4ccccc43)cc2)c1O. The number of phenolic OH excluding ortho intramolecular Hbond substituents is 1. The van der Waals surface area contributed by atoms with Gasteiger partial charge in [-0.3, -0.25) is 4.99 Å². The maximum atomic E-state index is 10.7. The molecule has 0 amide bonds. The van der Waals surface area contributed by atoms with Crippen LogP contribution in [0.1, 0.15) is 85.4 Å². The highest BCUT2D eigenvalue weighted by molar-refractivity contribution is 5.86. The zero-order chi connectivity index (χ0) is 30.0. The molecule has 0 aliphatic heterocycles. The minimum absolute atomic E-state index is 0.0567. The van der Waals surface area contributed by atoms with E-state index < -0.39 is 0 Å². The van der Waals surface area contributed by atoms with Crippen molar-refractivity contribution in [2.45, 2.75) is 58.3 Å². The number of phenols is 1. The fourth-order valence-corrected chi connectivity index (χ4v) is 6.62. The molecule has 43 heavy (non-hydrogen) atoms. The van der Waals surface area contributed by atoms with E-state index in [0.717, 1.165) is 41.6 Å². The molecule has 4 aromatic rings. The summed E-state index contributed by atoms with van der Waals surface area (Å²) in [6.07, 6.45) is 11.7. The van der Waals surface area contributed by atoms with Gasteiger partial charge in [0.25, 0.3) is 0 Å². The van der Waals surface area contributed by atoms with Crippen LogP contribution in [-0.2, 0) is 11.8 Å². The van der Waals surface area contributed by atoms with Gasteiger partial charge in [-0.2, -0.15) is 0 Å². The van der Waals surface area contributed by atoms with Crippen LogP contribution in [0.25, 0.3) is 11.6 Å². The third-order valence-electron chi connectivity index (χ3n) is 9.03. The van der Waals surface area contributed by atoms with Crippen molar-refractivity contribution in [3.8, 4) is 17.6 Å². The number of aromatic hydroxyl groups is 1. The average molecular weight is 562 g/mol. The fraction of sp³-hybridized carbons (Fsp3) is 0.244.